The number of alkyl halides is 1. The van der Waals surface area contributed by atoms with Crippen molar-refractivity contribution in [2.24, 2.45) is 11.8 Å². The number of nitrogens with zero attached hydrogens (tertiary/aromatic N) is 3. The maximum atomic E-state index is 15.5. The van der Waals surface area contributed by atoms with Crippen LogP contribution in [-0.2, 0) is 4.79 Å². The van der Waals surface area contributed by atoms with Gasteiger partial charge in [-0.05, 0) is 99.0 Å². The minimum Gasteiger partial charge on any atom is -0.497 e. The van der Waals surface area contributed by atoms with Gasteiger partial charge < -0.3 is 14.7 Å². The average Bonchev–Trinajstić information content (AvgIpc) is 2.93. The summed E-state index contributed by atoms with van der Waals surface area (Å²) >= 11 is 1.77. The van der Waals surface area contributed by atoms with Crippen LogP contribution in [-0.4, -0.2) is 58.4 Å². The van der Waals surface area contributed by atoms with E-state index in [2.05, 4.69) is 14.9 Å². The Morgan fingerprint density at radius 3 is 2.86 bits per heavy atom. The lowest BCUT2D eigenvalue weighted by Gasteiger charge is -2.39. The fourth-order valence-corrected chi connectivity index (χ4v) is 6.13. The molecule has 1 N–H and O–H groups in total. The van der Waals surface area contributed by atoms with Crippen LogP contribution in [0.4, 0.5) is 4.39 Å². The lowest BCUT2D eigenvalue weighted by atomic mass is 9.79. The molecule has 3 aromatic rings. The van der Waals surface area contributed by atoms with E-state index in [1.165, 1.54) is 0 Å². The second kappa shape index (κ2) is 13.7. The van der Waals surface area contributed by atoms with Crippen LogP contribution in [0.15, 0.2) is 59.9 Å². The Morgan fingerprint density at radius 2 is 2.08 bits per heavy atom. The molecule has 0 radical (unpaired) electrons. The van der Waals surface area contributed by atoms with E-state index in [1.807, 2.05) is 42.6 Å². The monoisotopic (exact) mass is 525 g/mol. The van der Waals surface area contributed by atoms with Gasteiger partial charge in [-0.15, -0.1) is 11.8 Å². The maximum absolute atomic E-state index is 15.5. The van der Waals surface area contributed by atoms with E-state index in [9.17, 15) is 9.90 Å². The number of hydrogen-bond acceptors (Lipinski definition) is 6. The summed E-state index contributed by atoms with van der Waals surface area (Å²) in [6, 6.07) is 13.3. The number of carbonyl (C=O) groups is 1. The van der Waals surface area contributed by atoms with Crippen LogP contribution in [0.5, 0.6) is 5.75 Å². The van der Waals surface area contributed by atoms with Crippen molar-refractivity contribution in [3.63, 3.8) is 0 Å². The SMILES string of the molecule is COc1ccc2nccc(C(F)CC[C@@H]3CCN(CCCSc4ccccn4)C[C@@H]3CCC(=O)O)c2c1. The standard InChI is InChI=1S/C29H36FN3O3S/c1-36-23-8-10-27-25(19-23)24(12-15-31-27)26(30)9-6-21-13-17-33(20-22(21)7-11-29(34)35)16-4-18-37-28-5-2-3-14-32-28/h2-3,5,8,10,12,14-15,19,21-22,26H,4,6-7,9,11,13,16-18,20H2,1H3,(H,34,35)/t21-,22+,26?/m1/s1. The number of thioether (sulfide) groups is 1. The highest BCUT2D eigenvalue weighted by Gasteiger charge is 2.30. The molecule has 37 heavy (non-hydrogen) atoms. The van der Waals surface area contributed by atoms with Crippen LogP contribution in [0.3, 0.4) is 0 Å². The van der Waals surface area contributed by atoms with Crippen molar-refractivity contribution >= 4 is 28.6 Å². The van der Waals surface area contributed by atoms with Gasteiger partial charge in [0.25, 0.3) is 0 Å². The largest absolute Gasteiger partial charge is 0.497 e. The van der Waals surface area contributed by atoms with E-state index in [-0.39, 0.29) is 12.3 Å². The first-order valence-corrected chi connectivity index (χ1v) is 14.1. The zero-order valence-electron chi connectivity index (χ0n) is 21.4. The number of rotatable bonds is 13. The van der Waals surface area contributed by atoms with Gasteiger partial charge in [0.05, 0.1) is 17.7 Å². The van der Waals surface area contributed by atoms with E-state index in [4.69, 9.17) is 4.74 Å². The van der Waals surface area contributed by atoms with E-state index >= 15 is 4.39 Å². The van der Waals surface area contributed by atoms with Gasteiger partial charge in [0, 0.05) is 36.5 Å². The Bertz CT molecular complexity index is 1150. The summed E-state index contributed by atoms with van der Waals surface area (Å²) in [5.41, 5.74) is 1.41. The predicted molar refractivity (Wildman–Crippen MR) is 146 cm³/mol. The first-order valence-electron chi connectivity index (χ1n) is 13.1. The molecule has 0 spiro atoms. The highest BCUT2D eigenvalue weighted by atomic mass is 32.2. The van der Waals surface area contributed by atoms with Gasteiger partial charge in [0.1, 0.15) is 11.9 Å². The molecule has 8 heteroatoms. The van der Waals surface area contributed by atoms with Crippen LogP contribution in [0.1, 0.15) is 50.3 Å². The Labute approximate surface area is 222 Å². The van der Waals surface area contributed by atoms with Gasteiger partial charge in [0.2, 0.25) is 0 Å². The molecule has 0 amide bonds. The third-order valence-corrected chi connectivity index (χ3v) is 8.35. The number of methoxy groups -OCH3 is 1. The smallest absolute Gasteiger partial charge is 0.303 e. The van der Waals surface area contributed by atoms with E-state index < -0.39 is 12.1 Å². The number of aromatic nitrogens is 2. The fraction of sp³-hybridized carbons (Fsp3) is 0.483. The quantitative estimate of drug-likeness (QED) is 0.204. The third-order valence-electron chi connectivity index (χ3n) is 7.32. The average molecular weight is 526 g/mol. The molecule has 2 aromatic heterocycles. The second-order valence-corrected chi connectivity index (χ2v) is 10.9. The van der Waals surface area contributed by atoms with Crippen LogP contribution in [0.25, 0.3) is 10.9 Å². The molecule has 1 aromatic carbocycles. The summed E-state index contributed by atoms with van der Waals surface area (Å²) in [6.07, 6.45) is 6.41. The first kappa shape index (κ1) is 27.3. The number of pyridine rings is 2. The normalized spacial score (nSPS) is 19.1. The number of hydrogen-bond donors (Lipinski definition) is 1. The molecule has 1 aliphatic heterocycles. The summed E-state index contributed by atoms with van der Waals surface area (Å²) < 4.78 is 20.9. The van der Waals surface area contributed by atoms with Crippen molar-refractivity contribution in [3.8, 4) is 5.75 Å². The number of carboxylic acid groups (broad SMARTS) is 1. The van der Waals surface area contributed by atoms with Gasteiger partial charge in [-0.25, -0.2) is 9.37 Å². The Kier molecular flexibility index (Phi) is 10.1. The van der Waals surface area contributed by atoms with Crippen LogP contribution >= 0.6 is 11.8 Å². The number of likely N-dealkylation sites (tertiary alicyclic amines) is 1. The van der Waals surface area contributed by atoms with Gasteiger partial charge in [-0.2, -0.15) is 0 Å². The molecule has 3 atom stereocenters. The number of benzene rings is 1. The summed E-state index contributed by atoms with van der Waals surface area (Å²) in [5, 5.41) is 11.1. The molecule has 0 bridgehead atoms. The van der Waals surface area contributed by atoms with Crippen LogP contribution in [0, 0.1) is 11.8 Å². The molecule has 0 aliphatic carbocycles. The summed E-state index contributed by atoms with van der Waals surface area (Å²) in [6.45, 7) is 2.86. The summed E-state index contributed by atoms with van der Waals surface area (Å²) in [7, 11) is 1.60. The fourth-order valence-electron chi connectivity index (χ4n) is 5.34. The number of carboxylic acids is 1. The second-order valence-electron chi connectivity index (χ2n) is 9.74. The number of aliphatic carboxylic acids is 1. The summed E-state index contributed by atoms with van der Waals surface area (Å²) in [4.78, 5) is 22.5. The third kappa shape index (κ3) is 7.89. The van der Waals surface area contributed by atoms with E-state index in [0.29, 0.717) is 30.1 Å². The van der Waals surface area contributed by atoms with Gasteiger partial charge >= 0.3 is 5.97 Å². The number of piperidine rings is 1. The van der Waals surface area contributed by atoms with Crippen molar-refractivity contribution < 1.29 is 19.0 Å². The van der Waals surface area contributed by atoms with Crippen LogP contribution < -0.4 is 4.74 Å². The first-order chi connectivity index (χ1) is 18.0. The Hall–Kier alpha value is -2.71. The van der Waals surface area contributed by atoms with E-state index in [0.717, 1.165) is 60.6 Å². The van der Waals surface area contributed by atoms with Gasteiger partial charge in [0.15, 0.2) is 0 Å². The Balaban J connectivity index is 1.32. The molecule has 1 unspecified atom stereocenters. The highest BCUT2D eigenvalue weighted by Crippen LogP contribution is 2.36. The zero-order chi connectivity index (χ0) is 26.0. The van der Waals surface area contributed by atoms with Crippen molar-refractivity contribution in [3.05, 3.63) is 60.4 Å². The predicted octanol–water partition coefficient (Wildman–Crippen LogP) is 6.41. The van der Waals surface area contributed by atoms with Gasteiger partial charge in [-0.1, -0.05) is 6.07 Å². The number of fused-ring (bicyclic) bond motifs is 1. The molecular formula is C29H36FN3O3S. The molecule has 1 aliphatic rings. The van der Waals surface area contributed by atoms with Crippen molar-refractivity contribution in [1.29, 1.82) is 0 Å². The molecule has 6 nitrogen and oxygen atoms in total. The van der Waals surface area contributed by atoms with Crippen molar-refractivity contribution in [2.45, 2.75) is 49.7 Å². The minimum atomic E-state index is -1.10. The van der Waals surface area contributed by atoms with Crippen molar-refractivity contribution in [1.82, 2.24) is 14.9 Å². The molecule has 4 rings (SSSR count). The topological polar surface area (TPSA) is 75.5 Å². The minimum absolute atomic E-state index is 0.165. The maximum Gasteiger partial charge on any atom is 0.303 e. The lowest BCUT2D eigenvalue weighted by Crippen LogP contribution is -2.41. The lowest BCUT2D eigenvalue weighted by molar-refractivity contribution is -0.137. The molecule has 3 heterocycles. The zero-order valence-corrected chi connectivity index (χ0v) is 22.2. The van der Waals surface area contributed by atoms with E-state index in [1.54, 1.807) is 31.1 Å². The highest BCUT2D eigenvalue weighted by molar-refractivity contribution is 7.99. The summed E-state index contributed by atoms with van der Waals surface area (Å²) in [5.74, 6) is 1.54. The molecule has 0 saturated carbocycles. The molecule has 198 valence electrons. The number of halogens is 1. The van der Waals surface area contributed by atoms with Crippen molar-refractivity contribution in [2.75, 3.05) is 32.5 Å². The molecular weight excluding hydrogens is 489 g/mol. The Morgan fingerprint density at radius 1 is 1.19 bits per heavy atom. The van der Waals surface area contributed by atoms with Gasteiger partial charge in [-0.3, -0.25) is 9.78 Å². The van der Waals surface area contributed by atoms with Crippen LogP contribution in [0.2, 0.25) is 0 Å². The molecule has 1 fully saturated rings. The molecule has 1 saturated heterocycles. The number of ether oxygens (including phenoxy) is 1.